The third-order valence-electron chi connectivity index (χ3n) is 3.75. The first-order chi connectivity index (χ1) is 10.5. The summed E-state index contributed by atoms with van der Waals surface area (Å²) in [5, 5.41) is 13.4. The number of carbonyl (C=O) groups excluding carboxylic acids is 1. The van der Waals surface area contributed by atoms with Crippen LogP contribution in [0, 0.1) is 16.0 Å². The van der Waals surface area contributed by atoms with E-state index in [-0.39, 0.29) is 11.8 Å². The molecular weight excluding hydrogens is 290 g/mol. The van der Waals surface area contributed by atoms with E-state index in [1.807, 2.05) is 0 Å². The smallest absolute Gasteiger partial charge is 0.395 e. The first-order valence-corrected chi connectivity index (χ1v) is 7.33. The molecule has 1 atom stereocenters. The average molecular weight is 311 g/mol. The first kappa shape index (κ1) is 16.4. The maximum absolute atomic E-state index is 12.0. The lowest BCUT2D eigenvalue weighted by Crippen LogP contribution is -2.51. The van der Waals surface area contributed by atoms with Gasteiger partial charge in [-0.05, 0) is 12.0 Å². The van der Waals surface area contributed by atoms with Gasteiger partial charge < -0.3 is 14.5 Å². The molecule has 0 aromatic carbocycles. The number of nitrogens with zero attached hydrogens (tertiary/aromatic N) is 2. The van der Waals surface area contributed by atoms with Crippen LogP contribution in [0.2, 0.25) is 0 Å². The van der Waals surface area contributed by atoms with Gasteiger partial charge in [-0.2, -0.15) is 0 Å². The van der Waals surface area contributed by atoms with E-state index in [4.69, 9.17) is 9.15 Å². The number of ether oxygens (including phenoxy) is 1. The van der Waals surface area contributed by atoms with Gasteiger partial charge in [0.05, 0.1) is 19.3 Å². The van der Waals surface area contributed by atoms with Crippen molar-refractivity contribution in [2.24, 2.45) is 5.92 Å². The third-order valence-corrected chi connectivity index (χ3v) is 3.75. The highest BCUT2D eigenvalue weighted by atomic mass is 16.6. The molecule has 0 spiro atoms. The lowest BCUT2D eigenvalue weighted by Gasteiger charge is -2.36. The maximum Gasteiger partial charge on any atom is 0.433 e. The van der Waals surface area contributed by atoms with Gasteiger partial charge in [0.1, 0.15) is 4.92 Å². The van der Waals surface area contributed by atoms with Crippen LogP contribution in [0.5, 0.6) is 0 Å². The van der Waals surface area contributed by atoms with Gasteiger partial charge in [-0.3, -0.25) is 19.8 Å². The molecule has 1 unspecified atom stereocenters. The lowest BCUT2D eigenvalue weighted by atomic mass is 10.0. The van der Waals surface area contributed by atoms with Crippen LogP contribution in [-0.2, 0) is 4.74 Å². The molecule has 1 fully saturated rings. The predicted molar refractivity (Wildman–Crippen MR) is 78.7 cm³/mol. The molecule has 22 heavy (non-hydrogen) atoms. The van der Waals surface area contributed by atoms with Gasteiger partial charge in [-0.15, -0.1) is 0 Å². The van der Waals surface area contributed by atoms with Crippen LogP contribution in [-0.4, -0.2) is 54.6 Å². The van der Waals surface area contributed by atoms with Gasteiger partial charge in [0, 0.05) is 25.7 Å². The van der Waals surface area contributed by atoms with Crippen molar-refractivity contribution in [2.75, 3.05) is 32.8 Å². The molecule has 1 aromatic heterocycles. The van der Waals surface area contributed by atoms with Gasteiger partial charge >= 0.3 is 5.88 Å². The van der Waals surface area contributed by atoms with Crippen molar-refractivity contribution in [2.45, 2.75) is 19.9 Å². The number of hydrogen-bond donors (Lipinski definition) is 1. The number of morpholine rings is 1. The Labute approximate surface area is 128 Å². The highest BCUT2D eigenvalue weighted by Gasteiger charge is 2.25. The lowest BCUT2D eigenvalue weighted by molar-refractivity contribution is -0.402. The van der Waals surface area contributed by atoms with Crippen molar-refractivity contribution in [3.8, 4) is 0 Å². The van der Waals surface area contributed by atoms with Crippen LogP contribution < -0.4 is 5.32 Å². The van der Waals surface area contributed by atoms with Crippen molar-refractivity contribution < 1.29 is 18.9 Å². The maximum atomic E-state index is 12.0. The normalized spacial score (nSPS) is 17.4. The Balaban J connectivity index is 1.93. The summed E-state index contributed by atoms with van der Waals surface area (Å²) in [5.74, 6) is -0.550. The molecule has 0 saturated carbocycles. The Morgan fingerprint density at radius 1 is 1.41 bits per heavy atom. The van der Waals surface area contributed by atoms with Crippen molar-refractivity contribution in [3.05, 3.63) is 28.0 Å². The number of nitro groups is 1. The van der Waals surface area contributed by atoms with E-state index in [9.17, 15) is 14.9 Å². The number of amides is 1. The number of nitrogens with one attached hydrogen (secondary N) is 1. The van der Waals surface area contributed by atoms with Crippen LogP contribution in [0.4, 0.5) is 5.88 Å². The molecule has 0 aliphatic carbocycles. The van der Waals surface area contributed by atoms with E-state index in [0.29, 0.717) is 25.7 Å². The highest BCUT2D eigenvalue weighted by Crippen LogP contribution is 2.16. The molecule has 1 aliphatic heterocycles. The number of carbonyl (C=O) groups is 1. The zero-order valence-electron chi connectivity index (χ0n) is 12.8. The average Bonchev–Trinajstić information content (AvgIpc) is 2.98. The van der Waals surface area contributed by atoms with Crippen LogP contribution in [0.25, 0.3) is 0 Å². The van der Waals surface area contributed by atoms with Crippen LogP contribution in [0.3, 0.4) is 0 Å². The monoisotopic (exact) mass is 311 g/mol. The summed E-state index contributed by atoms with van der Waals surface area (Å²) in [6, 6.07) is 2.68. The zero-order valence-corrected chi connectivity index (χ0v) is 12.8. The molecule has 8 nitrogen and oxygen atoms in total. The van der Waals surface area contributed by atoms with Gasteiger partial charge in [0.2, 0.25) is 0 Å². The Kier molecular flexibility index (Phi) is 5.51. The van der Waals surface area contributed by atoms with Crippen molar-refractivity contribution in [1.82, 2.24) is 10.2 Å². The minimum atomic E-state index is -0.665. The van der Waals surface area contributed by atoms with Gasteiger partial charge in [-0.1, -0.05) is 13.8 Å². The SMILES string of the molecule is CC(C)C(CNC(=O)c1ccc([N+](=O)[O-])o1)N1CCOCC1. The fourth-order valence-corrected chi connectivity index (χ4v) is 2.53. The zero-order chi connectivity index (χ0) is 16.1. The largest absolute Gasteiger partial charge is 0.433 e. The fourth-order valence-electron chi connectivity index (χ4n) is 2.53. The number of hydrogen-bond acceptors (Lipinski definition) is 6. The Bertz CT molecular complexity index is 522. The van der Waals surface area contributed by atoms with E-state index < -0.39 is 16.7 Å². The number of rotatable bonds is 6. The van der Waals surface area contributed by atoms with Crippen LogP contribution in [0.1, 0.15) is 24.4 Å². The van der Waals surface area contributed by atoms with E-state index in [1.165, 1.54) is 12.1 Å². The molecule has 2 rings (SSSR count). The molecule has 122 valence electrons. The van der Waals surface area contributed by atoms with Gasteiger partial charge in [0.15, 0.2) is 5.76 Å². The Morgan fingerprint density at radius 2 is 2.09 bits per heavy atom. The van der Waals surface area contributed by atoms with E-state index >= 15 is 0 Å². The summed E-state index contributed by atoms with van der Waals surface area (Å²) in [4.78, 5) is 24.2. The Morgan fingerprint density at radius 3 is 2.64 bits per heavy atom. The number of furan rings is 1. The quantitative estimate of drug-likeness (QED) is 0.627. The standard InChI is InChI=1S/C14H21N3O5/c1-10(2)11(16-5-7-21-8-6-16)9-15-14(18)12-3-4-13(22-12)17(19)20/h3-4,10-11H,5-9H2,1-2H3,(H,15,18). The first-order valence-electron chi connectivity index (χ1n) is 7.33. The van der Waals surface area contributed by atoms with E-state index in [1.54, 1.807) is 0 Å². The van der Waals surface area contributed by atoms with Gasteiger partial charge in [0.25, 0.3) is 5.91 Å². The summed E-state index contributed by atoms with van der Waals surface area (Å²) in [5.41, 5.74) is 0. The Hall–Kier alpha value is -1.93. The minimum absolute atomic E-state index is 0.0452. The minimum Gasteiger partial charge on any atom is -0.395 e. The molecule has 0 bridgehead atoms. The molecule has 2 heterocycles. The van der Waals surface area contributed by atoms with Crippen molar-refractivity contribution >= 4 is 11.8 Å². The van der Waals surface area contributed by atoms with Crippen molar-refractivity contribution in [1.29, 1.82) is 0 Å². The second kappa shape index (κ2) is 7.37. The summed E-state index contributed by atoms with van der Waals surface area (Å²) in [6.07, 6.45) is 0. The summed E-state index contributed by atoms with van der Waals surface area (Å²) >= 11 is 0. The fraction of sp³-hybridized carbons (Fsp3) is 0.643. The topological polar surface area (TPSA) is 97.8 Å². The molecule has 1 saturated heterocycles. The highest BCUT2D eigenvalue weighted by molar-refractivity contribution is 5.91. The molecule has 1 aliphatic rings. The molecule has 8 heteroatoms. The predicted octanol–water partition coefficient (Wildman–Crippen LogP) is 1.27. The molecule has 0 radical (unpaired) electrons. The summed E-state index contributed by atoms with van der Waals surface area (Å²) in [6.45, 7) is 7.73. The molecule has 1 amide bonds. The second-order valence-electron chi connectivity index (χ2n) is 5.56. The summed E-state index contributed by atoms with van der Waals surface area (Å²) in [7, 11) is 0. The van der Waals surface area contributed by atoms with E-state index in [2.05, 4.69) is 24.1 Å². The van der Waals surface area contributed by atoms with E-state index in [0.717, 1.165) is 13.1 Å². The second-order valence-corrected chi connectivity index (χ2v) is 5.56. The van der Waals surface area contributed by atoms with Gasteiger partial charge in [-0.25, -0.2) is 0 Å². The molecule has 1 aromatic rings. The van der Waals surface area contributed by atoms with Crippen LogP contribution in [0.15, 0.2) is 16.5 Å². The molecular formula is C14H21N3O5. The summed E-state index contributed by atoms with van der Waals surface area (Å²) < 4.78 is 10.2. The molecule has 1 N–H and O–H groups in total. The van der Waals surface area contributed by atoms with Crippen molar-refractivity contribution in [3.63, 3.8) is 0 Å². The third kappa shape index (κ3) is 4.05. The van der Waals surface area contributed by atoms with Crippen LogP contribution >= 0.6 is 0 Å².